The van der Waals surface area contributed by atoms with Crippen molar-refractivity contribution in [1.82, 2.24) is 0 Å². The fourth-order valence-electron chi connectivity index (χ4n) is 4.90. The van der Waals surface area contributed by atoms with Gasteiger partial charge in [-0.3, -0.25) is 18.6 Å². The van der Waals surface area contributed by atoms with Crippen LogP contribution in [-0.4, -0.2) is 49.3 Å². The summed E-state index contributed by atoms with van der Waals surface area (Å²) in [6, 6.07) is 0. The first-order chi connectivity index (χ1) is 26.8. The molecule has 3 N–H and O–H groups in total. The third kappa shape index (κ3) is 40.4. The van der Waals surface area contributed by atoms with Crippen LogP contribution in [0.3, 0.4) is 0 Å². The van der Waals surface area contributed by atoms with Crippen molar-refractivity contribution >= 4 is 19.8 Å². The first-order valence-electron chi connectivity index (χ1n) is 20.7. The Bertz CT molecular complexity index is 1220. The second kappa shape index (κ2) is 40.6. The van der Waals surface area contributed by atoms with E-state index in [0.29, 0.717) is 12.8 Å². The minimum Gasteiger partial charge on any atom is -0.462 e. The summed E-state index contributed by atoms with van der Waals surface area (Å²) in [6.45, 7) is 3.47. The summed E-state index contributed by atoms with van der Waals surface area (Å²) >= 11 is 0. The van der Waals surface area contributed by atoms with E-state index in [0.717, 1.165) is 77.0 Å². The fourth-order valence-corrected chi connectivity index (χ4v) is 5.67. The van der Waals surface area contributed by atoms with E-state index >= 15 is 0 Å². The Labute approximate surface area is 334 Å². The molecule has 0 aromatic carbocycles. The predicted molar refractivity (Wildman–Crippen MR) is 228 cm³/mol. The molecule has 0 spiro atoms. The van der Waals surface area contributed by atoms with Gasteiger partial charge in [0.2, 0.25) is 0 Å². The van der Waals surface area contributed by atoms with Gasteiger partial charge in [-0.05, 0) is 96.3 Å². The number of carbonyl (C=O) groups is 2. The molecule has 1 unspecified atom stereocenters. The molecule has 0 aromatic rings. The molecule has 55 heavy (non-hydrogen) atoms. The number of rotatable bonds is 37. The first kappa shape index (κ1) is 51.9. The molecule has 9 nitrogen and oxygen atoms in total. The topological polar surface area (TPSA) is 134 Å². The van der Waals surface area contributed by atoms with Crippen molar-refractivity contribution < 1.29 is 37.6 Å². The number of hydrogen-bond acceptors (Lipinski definition) is 8. The zero-order valence-corrected chi connectivity index (χ0v) is 35.0. The number of nitrogens with two attached hydrogens (primary N) is 1. The second-order valence-electron chi connectivity index (χ2n) is 13.1. The van der Waals surface area contributed by atoms with Crippen LogP contribution in [0, 0.1) is 0 Å². The van der Waals surface area contributed by atoms with Crippen molar-refractivity contribution in [2.75, 3.05) is 26.4 Å². The Morgan fingerprint density at radius 3 is 1.49 bits per heavy atom. The molecule has 0 fully saturated rings. The lowest BCUT2D eigenvalue weighted by molar-refractivity contribution is -0.161. The van der Waals surface area contributed by atoms with Gasteiger partial charge in [-0.1, -0.05) is 130 Å². The minimum atomic E-state index is -4.40. The van der Waals surface area contributed by atoms with Gasteiger partial charge in [0.25, 0.3) is 0 Å². The minimum absolute atomic E-state index is 0.0361. The highest BCUT2D eigenvalue weighted by Gasteiger charge is 2.25. The zero-order valence-electron chi connectivity index (χ0n) is 34.1. The number of phosphoric acid groups is 1. The maximum atomic E-state index is 12.5. The summed E-state index contributed by atoms with van der Waals surface area (Å²) in [5, 5.41) is 0. The van der Waals surface area contributed by atoms with Gasteiger partial charge in [0.1, 0.15) is 6.61 Å². The van der Waals surface area contributed by atoms with Crippen LogP contribution in [-0.2, 0) is 32.7 Å². The van der Waals surface area contributed by atoms with E-state index in [1.807, 2.05) is 0 Å². The molecule has 0 amide bonds. The molecule has 10 heteroatoms. The van der Waals surface area contributed by atoms with Crippen LogP contribution in [0.5, 0.6) is 0 Å². The van der Waals surface area contributed by atoms with Gasteiger partial charge >= 0.3 is 19.8 Å². The fraction of sp³-hybridized carbons (Fsp3) is 0.600. The number of allylic oxidation sites excluding steroid dienone is 16. The summed E-state index contributed by atoms with van der Waals surface area (Å²) in [4.78, 5) is 34.8. The van der Waals surface area contributed by atoms with Crippen LogP contribution in [0.15, 0.2) is 97.2 Å². The molecule has 0 aromatic heterocycles. The highest BCUT2D eigenvalue weighted by molar-refractivity contribution is 7.47. The summed E-state index contributed by atoms with van der Waals surface area (Å²) in [6.07, 6.45) is 51.5. The van der Waals surface area contributed by atoms with Crippen LogP contribution in [0.1, 0.15) is 142 Å². The monoisotopic (exact) mass is 788 g/mol. The van der Waals surface area contributed by atoms with Crippen molar-refractivity contribution in [2.24, 2.45) is 5.73 Å². The maximum Gasteiger partial charge on any atom is 0.472 e. The Balaban J connectivity index is 4.33. The number of hydrogen-bond donors (Lipinski definition) is 2. The van der Waals surface area contributed by atoms with E-state index in [2.05, 4.69) is 111 Å². The second-order valence-corrected chi connectivity index (χ2v) is 14.6. The molecule has 0 heterocycles. The molecule has 0 saturated carbocycles. The number of carbonyl (C=O) groups excluding carboxylic acids is 2. The van der Waals surface area contributed by atoms with Gasteiger partial charge in [0.05, 0.1) is 13.2 Å². The van der Waals surface area contributed by atoms with Crippen LogP contribution in [0.2, 0.25) is 0 Å². The molecule has 2 atom stereocenters. The predicted octanol–water partition coefficient (Wildman–Crippen LogP) is 11.8. The van der Waals surface area contributed by atoms with E-state index in [4.69, 9.17) is 24.3 Å². The number of esters is 2. The molecule has 0 saturated heterocycles. The van der Waals surface area contributed by atoms with E-state index in [9.17, 15) is 19.0 Å². The van der Waals surface area contributed by atoms with E-state index < -0.39 is 32.5 Å². The van der Waals surface area contributed by atoms with Gasteiger partial charge in [-0.25, -0.2) is 4.57 Å². The molecule has 0 aliphatic carbocycles. The smallest absolute Gasteiger partial charge is 0.462 e. The molecular weight excluding hydrogens is 713 g/mol. The van der Waals surface area contributed by atoms with E-state index in [1.54, 1.807) is 0 Å². The highest BCUT2D eigenvalue weighted by atomic mass is 31.2. The Morgan fingerprint density at radius 1 is 0.564 bits per heavy atom. The lowest BCUT2D eigenvalue weighted by Gasteiger charge is -2.19. The summed E-state index contributed by atoms with van der Waals surface area (Å²) in [7, 11) is -4.40. The normalized spacial score (nSPS) is 14.3. The van der Waals surface area contributed by atoms with Crippen LogP contribution in [0.25, 0.3) is 0 Å². The molecule has 0 radical (unpaired) electrons. The van der Waals surface area contributed by atoms with Crippen molar-refractivity contribution in [3.63, 3.8) is 0 Å². The lowest BCUT2D eigenvalue weighted by Crippen LogP contribution is -2.29. The van der Waals surface area contributed by atoms with Gasteiger partial charge in [-0.15, -0.1) is 0 Å². The maximum absolute atomic E-state index is 12.5. The van der Waals surface area contributed by atoms with Crippen LogP contribution < -0.4 is 5.73 Å². The Morgan fingerprint density at radius 2 is 1.00 bits per heavy atom. The molecular formula is C45H74NO8P. The van der Waals surface area contributed by atoms with Gasteiger partial charge in [-0.2, -0.15) is 0 Å². The average Bonchev–Trinajstić information content (AvgIpc) is 3.17. The molecule has 0 rings (SSSR count). The first-order valence-corrected chi connectivity index (χ1v) is 22.2. The molecule has 312 valence electrons. The van der Waals surface area contributed by atoms with Crippen molar-refractivity contribution in [3.05, 3.63) is 97.2 Å². The quantitative estimate of drug-likeness (QED) is 0.0273. The van der Waals surface area contributed by atoms with Crippen LogP contribution >= 0.6 is 7.82 Å². The Kier molecular flexibility index (Phi) is 38.3. The summed E-state index contributed by atoms with van der Waals surface area (Å²) < 4.78 is 32.6. The van der Waals surface area contributed by atoms with Gasteiger partial charge < -0.3 is 20.1 Å². The standard InChI is InChI=1S/C45H74NO8P/c1-3-5-7-9-11-13-15-17-19-20-21-22-24-25-27-29-31-33-35-37-44(47)51-41-43(42-53-55(49,50)52-40-39-46)54-45(48)38-36-34-32-30-28-26-23-18-16-14-12-10-8-6-4-2/h6,8,11-14,17-19,21-23,25,27-28,30,43H,3-5,7,9-10,15-16,20,24,26,29,31-42,46H2,1-2H3,(H,49,50)/b8-6-,13-11-,14-12-,19-17-,22-21-,23-18-,27-25-,30-28-/t43-/m1/s1. The largest absolute Gasteiger partial charge is 0.472 e. The van der Waals surface area contributed by atoms with E-state index in [1.165, 1.54) is 25.7 Å². The lowest BCUT2D eigenvalue weighted by atomic mass is 10.1. The SMILES string of the molecule is CC/C=C\C/C=C\C/C=C\C/C=C\CCCCC(=O)O[C@H](COC(=O)CCCCC/C=C\C/C=C\C/C=C\C/C=C\CCCCC)COP(=O)(O)OCCN. The molecule has 0 aliphatic heterocycles. The van der Waals surface area contributed by atoms with Crippen molar-refractivity contribution in [2.45, 2.75) is 148 Å². The highest BCUT2D eigenvalue weighted by Crippen LogP contribution is 2.43. The number of ether oxygens (including phenoxy) is 2. The molecule has 0 aliphatic rings. The summed E-state index contributed by atoms with van der Waals surface area (Å²) in [5.41, 5.74) is 5.33. The third-order valence-electron chi connectivity index (χ3n) is 7.95. The molecule has 0 bridgehead atoms. The average molecular weight is 788 g/mol. The van der Waals surface area contributed by atoms with Crippen molar-refractivity contribution in [1.29, 1.82) is 0 Å². The zero-order chi connectivity index (χ0) is 40.3. The van der Waals surface area contributed by atoms with E-state index in [-0.39, 0.29) is 32.6 Å². The third-order valence-corrected chi connectivity index (χ3v) is 8.94. The Hall–Kier alpha value is -3.07. The van der Waals surface area contributed by atoms with Gasteiger partial charge in [0.15, 0.2) is 6.10 Å². The summed E-state index contributed by atoms with van der Waals surface area (Å²) in [5.74, 6) is -0.925. The van der Waals surface area contributed by atoms with Crippen molar-refractivity contribution in [3.8, 4) is 0 Å². The number of phosphoric ester groups is 1. The van der Waals surface area contributed by atoms with Gasteiger partial charge in [0, 0.05) is 19.4 Å². The number of unbranched alkanes of at least 4 members (excludes halogenated alkanes) is 8. The van der Waals surface area contributed by atoms with Crippen LogP contribution in [0.4, 0.5) is 0 Å².